The summed E-state index contributed by atoms with van der Waals surface area (Å²) >= 11 is 0. The molecular formula is C14H25N3. The lowest BCUT2D eigenvalue weighted by Gasteiger charge is -2.29. The Morgan fingerprint density at radius 3 is 2.35 bits per heavy atom. The van der Waals surface area contributed by atoms with Crippen LogP contribution in [-0.4, -0.2) is 18.1 Å². The molecule has 0 bridgehead atoms. The third-order valence-corrected chi connectivity index (χ3v) is 3.57. The summed E-state index contributed by atoms with van der Waals surface area (Å²) in [6.07, 6.45) is 2.84. The zero-order chi connectivity index (χ0) is 13.0. The monoisotopic (exact) mass is 235 g/mol. The van der Waals surface area contributed by atoms with Crippen LogP contribution in [0.15, 0.2) is 18.3 Å². The minimum absolute atomic E-state index is 0.0527. The first-order valence-corrected chi connectivity index (χ1v) is 6.41. The molecule has 0 radical (unpaired) electrons. The van der Waals surface area contributed by atoms with Crippen molar-refractivity contribution in [1.29, 1.82) is 0 Å². The van der Waals surface area contributed by atoms with Gasteiger partial charge in [0.2, 0.25) is 0 Å². The Hall–Kier alpha value is -1.09. The minimum Gasteiger partial charge on any atom is -0.370 e. The third kappa shape index (κ3) is 3.43. The van der Waals surface area contributed by atoms with Crippen LogP contribution in [0.1, 0.15) is 45.9 Å². The van der Waals surface area contributed by atoms with Crippen LogP contribution in [0.2, 0.25) is 0 Å². The fourth-order valence-electron chi connectivity index (χ4n) is 1.72. The molecule has 0 fully saturated rings. The maximum atomic E-state index is 5.95. The molecule has 2 atom stereocenters. The van der Waals surface area contributed by atoms with Crippen molar-refractivity contribution in [3.63, 3.8) is 0 Å². The summed E-state index contributed by atoms with van der Waals surface area (Å²) in [5.74, 6) is 0.623. The highest BCUT2D eigenvalue weighted by Crippen LogP contribution is 2.20. The summed E-state index contributed by atoms with van der Waals surface area (Å²) in [4.78, 5) is 6.71. The Morgan fingerprint density at radius 2 is 1.94 bits per heavy atom. The van der Waals surface area contributed by atoms with E-state index < -0.39 is 0 Å². The molecule has 1 aromatic rings. The second kappa shape index (κ2) is 6.01. The first-order chi connectivity index (χ1) is 7.97. The quantitative estimate of drug-likeness (QED) is 0.853. The van der Waals surface area contributed by atoms with Crippen molar-refractivity contribution < 1.29 is 0 Å². The van der Waals surface area contributed by atoms with Gasteiger partial charge in [0.1, 0.15) is 0 Å². The van der Waals surface area contributed by atoms with E-state index in [2.05, 4.69) is 50.7 Å². The number of hydrogen-bond donors (Lipinski definition) is 1. The first-order valence-electron chi connectivity index (χ1n) is 6.41. The van der Waals surface area contributed by atoms with E-state index in [4.69, 9.17) is 5.73 Å². The Kier molecular flexibility index (Phi) is 4.94. The van der Waals surface area contributed by atoms with Crippen LogP contribution in [-0.2, 0) is 0 Å². The molecule has 1 aromatic heterocycles. The molecule has 0 aliphatic heterocycles. The van der Waals surface area contributed by atoms with Gasteiger partial charge in [0, 0.05) is 19.1 Å². The summed E-state index contributed by atoms with van der Waals surface area (Å²) in [6.45, 7) is 8.77. The number of aromatic nitrogens is 1. The second-order valence-corrected chi connectivity index (χ2v) is 5.05. The lowest BCUT2D eigenvalue weighted by molar-refractivity contribution is 0.505. The average molecular weight is 235 g/mol. The van der Waals surface area contributed by atoms with E-state index in [1.807, 2.05) is 12.3 Å². The number of nitrogens with zero attached hydrogens (tertiary/aromatic N) is 2. The molecule has 0 saturated carbocycles. The van der Waals surface area contributed by atoms with Gasteiger partial charge in [-0.05, 0) is 31.4 Å². The molecule has 17 heavy (non-hydrogen) atoms. The topological polar surface area (TPSA) is 42.1 Å². The molecule has 3 nitrogen and oxygen atoms in total. The summed E-state index contributed by atoms with van der Waals surface area (Å²) in [5, 5.41) is 0. The van der Waals surface area contributed by atoms with Crippen LogP contribution in [0.5, 0.6) is 0 Å². The summed E-state index contributed by atoms with van der Waals surface area (Å²) < 4.78 is 0. The number of rotatable bonds is 5. The van der Waals surface area contributed by atoms with E-state index in [-0.39, 0.29) is 6.04 Å². The summed E-state index contributed by atoms with van der Waals surface area (Å²) in [5.41, 5.74) is 8.08. The van der Waals surface area contributed by atoms with E-state index in [0.717, 1.165) is 17.8 Å². The van der Waals surface area contributed by atoms with Crippen molar-refractivity contribution >= 4 is 5.69 Å². The van der Waals surface area contributed by atoms with E-state index in [0.29, 0.717) is 12.0 Å². The van der Waals surface area contributed by atoms with Crippen molar-refractivity contribution in [2.45, 2.75) is 46.2 Å². The van der Waals surface area contributed by atoms with Gasteiger partial charge in [-0.15, -0.1) is 0 Å². The largest absolute Gasteiger partial charge is 0.370 e. The zero-order valence-electron chi connectivity index (χ0n) is 11.6. The van der Waals surface area contributed by atoms with Crippen LogP contribution in [0.25, 0.3) is 0 Å². The predicted molar refractivity (Wildman–Crippen MR) is 74.2 cm³/mol. The molecule has 2 N–H and O–H groups in total. The maximum Gasteiger partial charge on any atom is 0.0572 e. The van der Waals surface area contributed by atoms with Crippen LogP contribution in [0, 0.1) is 5.92 Å². The minimum atomic E-state index is 0.0527. The fraction of sp³-hybridized carbons (Fsp3) is 0.643. The molecule has 3 heteroatoms. The molecule has 0 spiro atoms. The molecule has 1 rings (SSSR count). The van der Waals surface area contributed by atoms with Crippen LogP contribution in [0.3, 0.4) is 0 Å². The number of anilines is 1. The van der Waals surface area contributed by atoms with Gasteiger partial charge in [-0.2, -0.15) is 0 Å². The third-order valence-electron chi connectivity index (χ3n) is 3.57. The van der Waals surface area contributed by atoms with Gasteiger partial charge in [0.05, 0.1) is 17.6 Å². The van der Waals surface area contributed by atoms with Gasteiger partial charge in [-0.1, -0.05) is 20.8 Å². The summed E-state index contributed by atoms with van der Waals surface area (Å²) in [7, 11) is 2.11. The fourth-order valence-corrected chi connectivity index (χ4v) is 1.72. The molecule has 0 aromatic carbocycles. The lowest BCUT2D eigenvalue weighted by Crippen LogP contribution is -2.33. The molecular weight excluding hydrogens is 210 g/mol. The highest BCUT2D eigenvalue weighted by atomic mass is 15.1. The van der Waals surface area contributed by atoms with Crippen LogP contribution in [0.4, 0.5) is 5.69 Å². The highest BCUT2D eigenvalue weighted by molar-refractivity contribution is 5.45. The van der Waals surface area contributed by atoms with Gasteiger partial charge < -0.3 is 10.6 Å². The average Bonchev–Trinajstić information content (AvgIpc) is 2.36. The van der Waals surface area contributed by atoms with Gasteiger partial charge in [0.25, 0.3) is 0 Å². The lowest BCUT2D eigenvalue weighted by atomic mass is 10.0. The molecule has 0 aliphatic carbocycles. The van der Waals surface area contributed by atoms with Crippen molar-refractivity contribution in [3.05, 3.63) is 24.0 Å². The van der Waals surface area contributed by atoms with E-state index in [1.165, 1.54) is 0 Å². The van der Waals surface area contributed by atoms with Gasteiger partial charge in [-0.3, -0.25) is 4.98 Å². The molecule has 96 valence electrons. The number of hydrogen-bond acceptors (Lipinski definition) is 3. The number of nitrogens with two attached hydrogens (primary N) is 1. The van der Waals surface area contributed by atoms with E-state index in [1.54, 1.807) is 0 Å². The Morgan fingerprint density at radius 1 is 1.29 bits per heavy atom. The van der Waals surface area contributed by atoms with Crippen LogP contribution < -0.4 is 10.6 Å². The molecule has 0 amide bonds. The second-order valence-electron chi connectivity index (χ2n) is 5.05. The molecule has 0 aliphatic rings. The molecule has 0 saturated heterocycles. The van der Waals surface area contributed by atoms with Gasteiger partial charge in [0.15, 0.2) is 0 Å². The van der Waals surface area contributed by atoms with Gasteiger partial charge >= 0.3 is 0 Å². The van der Waals surface area contributed by atoms with Crippen molar-refractivity contribution in [1.82, 2.24) is 4.98 Å². The van der Waals surface area contributed by atoms with E-state index in [9.17, 15) is 0 Å². The standard InChI is InChI=1S/C14H25N3/c1-6-13(15)14-8-7-12(9-16-14)17(5)11(4)10(2)3/h7-11,13H,6,15H2,1-5H3/t11?,13-/m0/s1. The summed E-state index contributed by atoms with van der Waals surface area (Å²) in [6, 6.07) is 4.70. The van der Waals surface area contributed by atoms with Crippen LogP contribution >= 0.6 is 0 Å². The highest BCUT2D eigenvalue weighted by Gasteiger charge is 2.14. The first kappa shape index (κ1) is 14.0. The Labute approximate surface area is 105 Å². The van der Waals surface area contributed by atoms with Gasteiger partial charge in [-0.25, -0.2) is 0 Å². The molecule has 1 heterocycles. The van der Waals surface area contributed by atoms with Crippen molar-refractivity contribution in [2.24, 2.45) is 11.7 Å². The van der Waals surface area contributed by atoms with Crippen molar-refractivity contribution in [3.8, 4) is 0 Å². The molecule has 1 unspecified atom stereocenters. The Balaban J connectivity index is 2.80. The Bertz CT molecular complexity index is 332. The maximum absolute atomic E-state index is 5.95. The van der Waals surface area contributed by atoms with Crippen molar-refractivity contribution in [2.75, 3.05) is 11.9 Å². The predicted octanol–water partition coefficient (Wildman–Crippen LogP) is 2.97. The normalized spacial score (nSPS) is 14.8. The SMILES string of the molecule is CC[C@H](N)c1ccc(N(C)C(C)C(C)C)cn1. The smallest absolute Gasteiger partial charge is 0.0572 e. The van der Waals surface area contributed by atoms with E-state index >= 15 is 0 Å². The number of pyridine rings is 1. The zero-order valence-corrected chi connectivity index (χ0v) is 11.6.